The van der Waals surface area contributed by atoms with Gasteiger partial charge in [0, 0.05) is 42.1 Å². The lowest BCUT2D eigenvalue weighted by Crippen LogP contribution is -2.52. The summed E-state index contributed by atoms with van der Waals surface area (Å²) in [5, 5.41) is 1.58. The first-order valence-electron chi connectivity index (χ1n) is 9.41. The molecule has 1 aliphatic heterocycles. The number of aromatic nitrogens is 2. The maximum atomic E-state index is 12.6. The second kappa shape index (κ2) is 7.75. The summed E-state index contributed by atoms with van der Waals surface area (Å²) in [6.07, 6.45) is 4.04. The maximum Gasteiger partial charge on any atom is 0.410 e. The number of rotatable bonds is 3. The van der Waals surface area contributed by atoms with Crippen LogP contribution in [0.1, 0.15) is 12.5 Å². The summed E-state index contributed by atoms with van der Waals surface area (Å²) in [4.78, 5) is 35.0. The lowest BCUT2D eigenvalue weighted by atomic mass is 10.0. The monoisotopic (exact) mass is 412 g/mol. The highest BCUT2D eigenvalue weighted by atomic mass is 35.5. The van der Waals surface area contributed by atoms with Crippen LogP contribution in [0.2, 0.25) is 5.02 Å². The molecule has 0 radical (unpaired) electrons. The van der Waals surface area contributed by atoms with Crippen molar-refractivity contribution in [3.63, 3.8) is 0 Å². The first-order valence-corrected chi connectivity index (χ1v) is 9.79. The molecule has 1 fully saturated rings. The Balaban J connectivity index is 1.67. The van der Waals surface area contributed by atoms with E-state index in [9.17, 15) is 9.59 Å². The molecule has 29 heavy (non-hydrogen) atoms. The Hall–Kier alpha value is -3.06. The molecule has 1 aliphatic rings. The molecule has 0 bridgehead atoms. The molecule has 3 heterocycles. The van der Waals surface area contributed by atoms with E-state index < -0.39 is 6.09 Å². The van der Waals surface area contributed by atoms with Crippen LogP contribution in [0.15, 0.2) is 36.7 Å². The van der Waals surface area contributed by atoms with Crippen molar-refractivity contribution in [1.82, 2.24) is 14.9 Å². The molecule has 0 spiro atoms. The summed E-state index contributed by atoms with van der Waals surface area (Å²) in [5.41, 5.74) is 4.34. The molecule has 1 aromatic carbocycles. The van der Waals surface area contributed by atoms with Gasteiger partial charge in [0.05, 0.1) is 12.1 Å². The second-order valence-electron chi connectivity index (χ2n) is 6.86. The number of piperazine rings is 1. The highest BCUT2D eigenvalue weighted by molar-refractivity contribution is 6.38. The van der Waals surface area contributed by atoms with Crippen molar-refractivity contribution < 1.29 is 14.3 Å². The second-order valence-corrected chi connectivity index (χ2v) is 7.24. The van der Waals surface area contributed by atoms with Gasteiger partial charge in [-0.2, -0.15) is 0 Å². The number of H-pyrrole nitrogens is 1. The van der Waals surface area contributed by atoms with Crippen LogP contribution in [0.25, 0.3) is 22.2 Å². The zero-order valence-corrected chi connectivity index (χ0v) is 17.0. The summed E-state index contributed by atoms with van der Waals surface area (Å²) in [7, 11) is 1.31. The summed E-state index contributed by atoms with van der Waals surface area (Å²) < 4.78 is 4.71. The minimum Gasteiger partial charge on any atom is -0.453 e. The predicted molar refractivity (Wildman–Crippen MR) is 112 cm³/mol. The van der Waals surface area contributed by atoms with E-state index in [2.05, 4.69) is 16.9 Å². The van der Waals surface area contributed by atoms with Crippen molar-refractivity contribution in [3.8, 4) is 11.1 Å². The van der Waals surface area contributed by atoms with E-state index in [0.29, 0.717) is 18.1 Å². The Morgan fingerprint density at radius 1 is 1.34 bits per heavy atom. The largest absolute Gasteiger partial charge is 0.453 e. The number of methoxy groups -OCH3 is 1. The molecular formula is C21H21ClN4O3. The summed E-state index contributed by atoms with van der Waals surface area (Å²) in [6.45, 7) is 2.89. The van der Waals surface area contributed by atoms with Crippen LogP contribution < -0.4 is 4.90 Å². The van der Waals surface area contributed by atoms with E-state index in [1.165, 1.54) is 12.0 Å². The maximum absolute atomic E-state index is 12.6. The van der Waals surface area contributed by atoms with Crippen LogP contribution in [0.5, 0.6) is 0 Å². The van der Waals surface area contributed by atoms with Crippen molar-refractivity contribution >= 4 is 40.3 Å². The summed E-state index contributed by atoms with van der Waals surface area (Å²) in [5.74, 6) is -0.155. The van der Waals surface area contributed by atoms with E-state index in [0.717, 1.165) is 39.8 Å². The standard InChI is InChI=1S/C21H21ClN4O3/c1-3-13-10-23-20-18(13)19(22)16(11-24-20)14-5-4-6-15(9-14)26-8-7-25(12-17(26)27)21(28)29-2/h4-6,9-11H,3,7-8,12H2,1-2H3,(H,23,24). The van der Waals surface area contributed by atoms with Gasteiger partial charge in [-0.1, -0.05) is 30.7 Å². The van der Waals surface area contributed by atoms with Crippen LogP contribution in [0, 0.1) is 0 Å². The quantitative estimate of drug-likeness (QED) is 0.708. The Bertz CT molecular complexity index is 1090. The first-order chi connectivity index (χ1) is 14.0. The molecule has 7 nitrogen and oxygen atoms in total. The number of fused-ring (bicyclic) bond motifs is 1. The van der Waals surface area contributed by atoms with Gasteiger partial charge in [-0.3, -0.25) is 9.69 Å². The molecule has 1 N–H and O–H groups in total. The summed E-state index contributed by atoms with van der Waals surface area (Å²) >= 11 is 6.74. The van der Waals surface area contributed by atoms with E-state index in [1.54, 1.807) is 11.1 Å². The van der Waals surface area contributed by atoms with Crippen LogP contribution in [0.4, 0.5) is 10.5 Å². The zero-order chi connectivity index (χ0) is 20.5. The normalized spacial score (nSPS) is 14.5. The van der Waals surface area contributed by atoms with E-state index in [-0.39, 0.29) is 12.5 Å². The number of benzene rings is 1. The third-order valence-electron chi connectivity index (χ3n) is 5.22. The molecule has 4 rings (SSSR count). The number of ether oxygens (including phenoxy) is 1. The van der Waals surface area contributed by atoms with Gasteiger partial charge in [0.15, 0.2) is 0 Å². The highest BCUT2D eigenvalue weighted by Crippen LogP contribution is 2.36. The SMILES string of the molecule is CCc1c[nH]c2ncc(-c3cccc(N4CCN(C(=O)OC)CC4=O)c3)c(Cl)c12. The Kier molecular flexibility index (Phi) is 5.15. The molecule has 3 aromatic rings. The van der Waals surface area contributed by atoms with Crippen molar-refractivity contribution in [3.05, 3.63) is 47.2 Å². The van der Waals surface area contributed by atoms with Crippen LogP contribution in [-0.4, -0.2) is 53.6 Å². The molecule has 2 aromatic heterocycles. The van der Waals surface area contributed by atoms with Crippen molar-refractivity contribution in [1.29, 1.82) is 0 Å². The van der Waals surface area contributed by atoms with Gasteiger partial charge in [-0.25, -0.2) is 9.78 Å². The molecule has 0 unspecified atom stereocenters. The van der Waals surface area contributed by atoms with Gasteiger partial charge < -0.3 is 14.6 Å². The van der Waals surface area contributed by atoms with Gasteiger partial charge in [0.1, 0.15) is 12.2 Å². The van der Waals surface area contributed by atoms with E-state index in [1.807, 2.05) is 30.5 Å². The van der Waals surface area contributed by atoms with Gasteiger partial charge in [-0.05, 0) is 29.7 Å². The number of anilines is 1. The van der Waals surface area contributed by atoms with Crippen LogP contribution in [0.3, 0.4) is 0 Å². The molecule has 0 aliphatic carbocycles. The first kappa shape index (κ1) is 19.3. The number of hydrogen-bond donors (Lipinski definition) is 1. The lowest BCUT2D eigenvalue weighted by Gasteiger charge is -2.33. The third kappa shape index (κ3) is 3.42. The fourth-order valence-electron chi connectivity index (χ4n) is 3.67. The molecule has 0 atom stereocenters. The van der Waals surface area contributed by atoms with E-state index in [4.69, 9.17) is 16.3 Å². The van der Waals surface area contributed by atoms with Gasteiger partial charge in [0.2, 0.25) is 5.91 Å². The van der Waals surface area contributed by atoms with Crippen molar-refractivity contribution in [2.75, 3.05) is 31.6 Å². The molecule has 150 valence electrons. The van der Waals surface area contributed by atoms with Crippen molar-refractivity contribution in [2.24, 2.45) is 0 Å². The molecule has 1 saturated heterocycles. The Morgan fingerprint density at radius 2 is 2.17 bits per heavy atom. The van der Waals surface area contributed by atoms with Gasteiger partial charge in [-0.15, -0.1) is 0 Å². The number of amides is 2. The minimum absolute atomic E-state index is 0.00557. The fourth-order valence-corrected chi connectivity index (χ4v) is 4.04. The number of nitrogens with one attached hydrogen (secondary N) is 1. The number of nitrogens with zero attached hydrogens (tertiary/aromatic N) is 3. The Labute approximate surface area is 173 Å². The number of hydrogen-bond acceptors (Lipinski definition) is 4. The molecular weight excluding hydrogens is 392 g/mol. The number of halogens is 1. The minimum atomic E-state index is -0.490. The van der Waals surface area contributed by atoms with Gasteiger partial charge in [0.25, 0.3) is 0 Å². The van der Waals surface area contributed by atoms with Crippen LogP contribution in [-0.2, 0) is 16.0 Å². The van der Waals surface area contributed by atoms with Crippen molar-refractivity contribution in [2.45, 2.75) is 13.3 Å². The smallest absolute Gasteiger partial charge is 0.410 e. The molecule has 0 saturated carbocycles. The lowest BCUT2D eigenvalue weighted by molar-refractivity contribution is -0.120. The number of aryl methyl sites for hydroxylation is 1. The van der Waals surface area contributed by atoms with Gasteiger partial charge >= 0.3 is 6.09 Å². The highest BCUT2D eigenvalue weighted by Gasteiger charge is 2.28. The fraction of sp³-hybridized carbons (Fsp3) is 0.286. The number of pyridine rings is 1. The molecule has 8 heteroatoms. The average Bonchev–Trinajstić information content (AvgIpc) is 3.17. The van der Waals surface area contributed by atoms with Crippen LogP contribution >= 0.6 is 11.6 Å². The number of aromatic amines is 1. The third-order valence-corrected chi connectivity index (χ3v) is 5.62. The zero-order valence-electron chi connectivity index (χ0n) is 16.2. The topological polar surface area (TPSA) is 78.5 Å². The molecule has 2 amide bonds. The van der Waals surface area contributed by atoms with E-state index >= 15 is 0 Å². The number of carbonyl (C=O) groups is 2. The summed E-state index contributed by atoms with van der Waals surface area (Å²) in [6, 6.07) is 7.65. The predicted octanol–water partition coefficient (Wildman–Crippen LogP) is 3.86. The average molecular weight is 413 g/mol. The Morgan fingerprint density at radius 3 is 2.90 bits per heavy atom. The number of carbonyl (C=O) groups excluding carboxylic acids is 2.